The van der Waals surface area contributed by atoms with Crippen molar-refractivity contribution >= 4 is 41.9 Å². The molecule has 0 saturated heterocycles. The van der Waals surface area contributed by atoms with Crippen LogP contribution in [0.3, 0.4) is 0 Å². The summed E-state index contributed by atoms with van der Waals surface area (Å²) in [5.41, 5.74) is 6.08. The Labute approximate surface area is 221 Å². The molecule has 0 aliphatic carbocycles. The summed E-state index contributed by atoms with van der Waals surface area (Å²) in [6, 6.07) is 11.4. The van der Waals surface area contributed by atoms with Crippen LogP contribution in [0.1, 0.15) is 35.5 Å². The lowest BCUT2D eigenvalue weighted by Crippen LogP contribution is -2.35. The van der Waals surface area contributed by atoms with E-state index in [2.05, 4.69) is 34.3 Å². The Kier molecular flexibility index (Phi) is 9.73. The van der Waals surface area contributed by atoms with Gasteiger partial charge in [-0.2, -0.15) is 0 Å². The van der Waals surface area contributed by atoms with Crippen LogP contribution in [0.15, 0.2) is 42.5 Å². The fraction of sp³-hybridized carbons (Fsp3) is 0.346. The molecule has 2 amide bonds. The van der Waals surface area contributed by atoms with Crippen LogP contribution in [0.4, 0.5) is 15.2 Å². The molecule has 0 aliphatic heterocycles. The molecule has 1 aromatic carbocycles. The Morgan fingerprint density at radius 1 is 1.19 bits per heavy atom. The van der Waals surface area contributed by atoms with Gasteiger partial charge in [0, 0.05) is 23.5 Å². The zero-order valence-electron chi connectivity index (χ0n) is 21.4. The molecule has 0 radical (unpaired) electrons. The summed E-state index contributed by atoms with van der Waals surface area (Å²) in [6.07, 6.45) is 0.993. The second-order valence-electron chi connectivity index (χ2n) is 9.37. The number of hydrogen-bond donors (Lipinski definition) is 5. The first-order valence-electron chi connectivity index (χ1n) is 11.8. The normalized spacial score (nSPS) is 11.5. The van der Waals surface area contributed by atoms with E-state index in [4.69, 9.17) is 5.73 Å². The molecule has 6 N–H and O–H groups in total. The predicted octanol–water partition coefficient (Wildman–Crippen LogP) is 3.97. The predicted molar refractivity (Wildman–Crippen MR) is 149 cm³/mol. The molecule has 198 valence electrons. The number of carbonyl (C=O) groups excluding carboxylic acids is 2. The number of aliphatic hydroxyl groups is 1. The van der Waals surface area contributed by atoms with E-state index < -0.39 is 17.3 Å². The Bertz CT molecular complexity index is 1260. The van der Waals surface area contributed by atoms with Crippen LogP contribution in [0.5, 0.6) is 0 Å². The molecule has 0 aliphatic rings. The van der Waals surface area contributed by atoms with Gasteiger partial charge in [-0.05, 0) is 63.2 Å². The van der Waals surface area contributed by atoms with Gasteiger partial charge in [-0.1, -0.05) is 18.2 Å². The highest BCUT2D eigenvalue weighted by Gasteiger charge is 2.21. The summed E-state index contributed by atoms with van der Waals surface area (Å²) in [5.74, 6) is -0.743. The number of amides is 2. The molecule has 3 rings (SSSR count). The van der Waals surface area contributed by atoms with Gasteiger partial charge in [-0.15, -0.1) is 19.3 Å². The van der Waals surface area contributed by atoms with Gasteiger partial charge in [0.2, 0.25) is 5.91 Å². The fourth-order valence-electron chi connectivity index (χ4n) is 3.44. The number of aromatic nitrogens is 1. The average molecular weight is 546 g/mol. The third kappa shape index (κ3) is 8.30. The molecule has 2 aromatic heterocycles. The molecule has 8 nitrogen and oxygen atoms in total. The van der Waals surface area contributed by atoms with E-state index in [-0.39, 0.29) is 25.9 Å². The number of anilines is 2. The zero-order chi connectivity index (χ0) is 27.2. The third-order valence-corrected chi connectivity index (χ3v) is 7.66. The molecule has 0 fully saturated rings. The van der Waals surface area contributed by atoms with Gasteiger partial charge in [0.05, 0.1) is 23.4 Å². The maximum absolute atomic E-state index is 14.9. The maximum atomic E-state index is 14.9. The van der Waals surface area contributed by atoms with Gasteiger partial charge >= 0.3 is 0 Å². The number of primary amides is 1. The van der Waals surface area contributed by atoms with Crippen LogP contribution >= 0.6 is 19.3 Å². The highest BCUT2D eigenvalue weighted by atomic mass is 32.1. The van der Waals surface area contributed by atoms with Gasteiger partial charge < -0.3 is 26.8 Å². The molecule has 2 heterocycles. The van der Waals surface area contributed by atoms with E-state index in [0.29, 0.717) is 45.6 Å². The van der Waals surface area contributed by atoms with Gasteiger partial charge in [0.15, 0.2) is 0 Å². The minimum absolute atomic E-state index is 0.0389. The van der Waals surface area contributed by atoms with Gasteiger partial charge in [0.1, 0.15) is 16.6 Å². The maximum Gasteiger partial charge on any atom is 0.251 e. The average Bonchev–Trinajstić information content (AvgIpc) is 3.22. The first-order chi connectivity index (χ1) is 17.4. The Morgan fingerprint density at radius 3 is 2.59 bits per heavy atom. The number of nitrogens with zero attached hydrogens (tertiary/aromatic N) is 1. The van der Waals surface area contributed by atoms with Crippen molar-refractivity contribution in [1.82, 2.24) is 15.6 Å². The summed E-state index contributed by atoms with van der Waals surface area (Å²) >= 11 is 1.18. The van der Waals surface area contributed by atoms with Crippen molar-refractivity contribution in [2.45, 2.75) is 26.0 Å². The van der Waals surface area contributed by atoms with E-state index in [9.17, 15) is 19.1 Å². The van der Waals surface area contributed by atoms with Crippen molar-refractivity contribution in [2.75, 3.05) is 37.9 Å². The summed E-state index contributed by atoms with van der Waals surface area (Å²) in [5, 5.41) is 19.7. The SMILES string of the molecule is CP(C)CCNC(=O)CNCc1cccc(Nc2sc(-c3ccc(C(C)(C)O)cc3F)cc2C(N)=O)n1. The second-order valence-corrected chi connectivity index (χ2v) is 13.0. The molecule has 11 heteroatoms. The zero-order valence-corrected chi connectivity index (χ0v) is 23.1. The minimum Gasteiger partial charge on any atom is -0.386 e. The number of nitrogens with two attached hydrogens (primary N) is 1. The largest absolute Gasteiger partial charge is 0.386 e. The number of nitrogens with one attached hydrogen (secondary N) is 3. The molecule has 3 aromatic rings. The number of halogens is 1. The summed E-state index contributed by atoms with van der Waals surface area (Å²) in [6.45, 7) is 8.75. The highest BCUT2D eigenvalue weighted by molar-refractivity contribution is 7.56. The quantitative estimate of drug-likeness (QED) is 0.219. The number of benzene rings is 1. The Balaban J connectivity index is 1.70. The summed E-state index contributed by atoms with van der Waals surface area (Å²) < 4.78 is 14.9. The van der Waals surface area contributed by atoms with Crippen molar-refractivity contribution in [1.29, 1.82) is 0 Å². The van der Waals surface area contributed by atoms with E-state index in [1.165, 1.54) is 17.4 Å². The number of rotatable bonds is 12. The topological polar surface area (TPSA) is 129 Å². The van der Waals surface area contributed by atoms with Crippen molar-refractivity contribution in [3.05, 3.63) is 65.1 Å². The number of carbonyl (C=O) groups is 2. The van der Waals surface area contributed by atoms with Crippen LogP contribution in [-0.2, 0) is 16.9 Å². The lowest BCUT2D eigenvalue weighted by Gasteiger charge is -2.18. The van der Waals surface area contributed by atoms with Gasteiger partial charge in [-0.25, -0.2) is 9.37 Å². The van der Waals surface area contributed by atoms with Crippen molar-refractivity contribution < 1.29 is 19.1 Å². The summed E-state index contributed by atoms with van der Waals surface area (Å²) in [4.78, 5) is 29.1. The fourth-order valence-corrected chi connectivity index (χ4v) is 5.10. The molecular formula is C26H33FN5O3PS. The van der Waals surface area contributed by atoms with Crippen LogP contribution in [0, 0.1) is 5.82 Å². The lowest BCUT2D eigenvalue weighted by atomic mass is 9.96. The number of pyridine rings is 1. The standard InChI is InChI=1S/C26H33FN5O3PS/c1-26(2,35)16-8-9-18(20(27)12-16)21-13-19(24(28)34)25(37-21)32-22-7-5-6-17(31-22)14-29-15-23(33)30-10-11-36(3)4/h5-9,12-13,29,35H,10-11,14-15H2,1-4H3,(H2,28,34)(H,30,33)(H,31,32). The van der Waals surface area contributed by atoms with Crippen LogP contribution in [-0.4, -0.2) is 54.5 Å². The smallest absolute Gasteiger partial charge is 0.251 e. The van der Waals surface area contributed by atoms with Crippen molar-refractivity contribution in [3.8, 4) is 10.4 Å². The molecule has 0 unspecified atom stereocenters. The first-order valence-corrected chi connectivity index (χ1v) is 15.0. The molecule has 0 saturated carbocycles. The molecule has 0 spiro atoms. The summed E-state index contributed by atoms with van der Waals surface area (Å²) in [7, 11) is -0.0389. The van der Waals surface area contributed by atoms with Crippen molar-refractivity contribution in [3.63, 3.8) is 0 Å². The van der Waals surface area contributed by atoms with Crippen LogP contribution < -0.4 is 21.7 Å². The molecular weight excluding hydrogens is 512 g/mol. The van der Waals surface area contributed by atoms with Gasteiger partial charge in [0.25, 0.3) is 5.91 Å². The monoisotopic (exact) mass is 545 g/mol. The molecule has 0 atom stereocenters. The van der Waals surface area contributed by atoms with E-state index >= 15 is 0 Å². The minimum atomic E-state index is -1.18. The van der Waals surface area contributed by atoms with E-state index in [0.717, 1.165) is 6.16 Å². The molecule has 0 bridgehead atoms. The first kappa shape index (κ1) is 28.7. The number of hydrogen-bond acceptors (Lipinski definition) is 7. The Morgan fingerprint density at radius 2 is 1.95 bits per heavy atom. The van der Waals surface area contributed by atoms with Crippen LogP contribution in [0.25, 0.3) is 10.4 Å². The Hall–Kier alpha value is -2.91. The highest BCUT2D eigenvalue weighted by Crippen LogP contribution is 2.38. The van der Waals surface area contributed by atoms with Crippen molar-refractivity contribution in [2.24, 2.45) is 5.73 Å². The van der Waals surface area contributed by atoms with E-state index in [1.807, 2.05) is 12.1 Å². The second kappa shape index (κ2) is 12.6. The van der Waals surface area contributed by atoms with Gasteiger partial charge in [-0.3, -0.25) is 9.59 Å². The third-order valence-electron chi connectivity index (χ3n) is 5.46. The number of thiophene rings is 1. The lowest BCUT2D eigenvalue weighted by molar-refractivity contribution is -0.120. The van der Waals surface area contributed by atoms with Crippen LogP contribution in [0.2, 0.25) is 0 Å². The van der Waals surface area contributed by atoms with E-state index in [1.54, 1.807) is 38.1 Å². The molecule has 37 heavy (non-hydrogen) atoms.